The molecule has 0 unspecified atom stereocenters. The summed E-state index contributed by atoms with van der Waals surface area (Å²) in [6.45, 7) is 2.63. The lowest BCUT2D eigenvalue weighted by Gasteiger charge is -2.26. The Hall–Kier alpha value is -2.75. The third kappa shape index (κ3) is 5.62. The molecular formula is C24H30N2O2. The molecule has 1 fully saturated rings. The van der Waals surface area contributed by atoms with Crippen molar-refractivity contribution in [1.29, 1.82) is 0 Å². The second kappa shape index (κ2) is 9.45. The van der Waals surface area contributed by atoms with Crippen molar-refractivity contribution in [3.05, 3.63) is 65.2 Å². The number of hydrogen-bond donors (Lipinski definition) is 2. The monoisotopic (exact) mass is 378 g/mol. The van der Waals surface area contributed by atoms with E-state index < -0.39 is 0 Å². The van der Waals surface area contributed by atoms with Crippen molar-refractivity contribution in [2.24, 2.45) is 5.92 Å². The van der Waals surface area contributed by atoms with E-state index in [1.165, 1.54) is 37.3 Å². The molecule has 4 heteroatoms. The summed E-state index contributed by atoms with van der Waals surface area (Å²) in [5, 5.41) is 0. The van der Waals surface area contributed by atoms with Crippen LogP contribution >= 0.6 is 0 Å². The van der Waals surface area contributed by atoms with Crippen molar-refractivity contribution in [3.8, 4) is 0 Å². The molecule has 0 aliphatic heterocycles. The van der Waals surface area contributed by atoms with E-state index in [-0.39, 0.29) is 12.6 Å². The Morgan fingerprint density at radius 2 is 1.79 bits per heavy atom. The number of rotatable bonds is 6. The van der Waals surface area contributed by atoms with Gasteiger partial charge in [-0.3, -0.25) is 0 Å². The zero-order chi connectivity index (χ0) is 19.9. The van der Waals surface area contributed by atoms with Crippen LogP contribution in [0.15, 0.2) is 48.5 Å². The van der Waals surface area contributed by atoms with Crippen LogP contribution < -0.4 is 11.5 Å². The maximum Gasteiger partial charge on any atom is 0.330 e. The molecule has 1 saturated carbocycles. The summed E-state index contributed by atoms with van der Waals surface area (Å²) in [6.07, 6.45) is 9.04. The molecule has 0 radical (unpaired) electrons. The number of anilines is 2. The van der Waals surface area contributed by atoms with Crippen LogP contribution in [-0.2, 0) is 16.0 Å². The highest BCUT2D eigenvalue weighted by Gasteiger charge is 2.19. The fraction of sp³-hybridized carbons (Fsp3) is 0.375. The highest BCUT2D eigenvalue weighted by molar-refractivity contribution is 5.87. The predicted octanol–water partition coefficient (Wildman–Crippen LogP) is 4.94. The van der Waals surface area contributed by atoms with Crippen LogP contribution in [0.2, 0.25) is 0 Å². The number of esters is 1. The first-order chi connectivity index (χ1) is 13.5. The third-order valence-electron chi connectivity index (χ3n) is 5.62. The molecule has 2 aromatic rings. The zero-order valence-corrected chi connectivity index (χ0v) is 16.6. The molecule has 0 bridgehead atoms. The average Bonchev–Trinajstić information content (AvgIpc) is 2.69. The van der Waals surface area contributed by atoms with Crippen molar-refractivity contribution in [1.82, 2.24) is 0 Å². The van der Waals surface area contributed by atoms with Crippen molar-refractivity contribution in [2.75, 3.05) is 18.1 Å². The summed E-state index contributed by atoms with van der Waals surface area (Å²) in [6, 6.07) is 13.9. The van der Waals surface area contributed by atoms with Crippen LogP contribution in [-0.4, -0.2) is 12.6 Å². The standard InChI is InChI=1S/C24H30N2O2/c1-17-2-7-19(8-3-17)20-9-4-18(5-10-20)6-13-24(27)28-15-14-21-11-12-22(25)16-23(21)26/h4-6,9-13,16-17,19H,2-3,7-8,14-15,25-26H2,1H3/b13-6+. The summed E-state index contributed by atoms with van der Waals surface area (Å²) in [5.41, 5.74) is 16.2. The molecule has 4 N–H and O–H groups in total. The van der Waals surface area contributed by atoms with E-state index >= 15 is 0 Å². The Morgan fingerprint density at radius 3 is 2.46 bits per heavy atom. The number of nitrogens with two attached hydrogens (primary N) is 2. The van der Waals surface area contributed by atoms with Crippen LogP contribution in [0.4, 0.5) is 11.4 Å². The van der Waals surface area contributed by atoms with E-state index in [1.807, 2.05) is 6.07 Å². The van der Waals surface area contributed by atoms with Crippen molar-refractivity contribution in [2.45, 2.75) is 44.9 Å². The summed E-state index contributed by atoms with van der Waals surface area (Å²) in [5.74, 6) is 1.19. The minimum atomic E-state index is -0.348. The molecule has 0 atom stereocenters. The predicted molar refractivity (Wildman–Crippen MR) is 116 cm³/mol. The van der Waals surface area contributed by atoms with Gasteiger partial charge in [0.15, 0.2) is 0 Å². The first-order valence-electron chi connectivity index (χ1n) is 10.1. The smallest absolute Gasteiger partial charge is 0.330 e. The van der Waals surface area contributed by atoms with E-state index in [4.69, 9.17) is 16.2 Å². The Morgan fingerprint density at radius 1 is 1.07 bits per heavy atom. The highest BCUT2D eigenvalue weighted by Crippen LogP contribution is 2.35. The second-order valence-electron chi connectivity index (χ2n) is 7.83. The van der Waals surface area contributed by atoms with Gasteiger partial charge in [0.25, 0.3) is 0 Å². The van der Waals surface area contributed by atoms with Crippen LogP contribution in [0.3, 0.4) is 0 Å². The van der Waals surface area contributed by atoms with E-state index in [2.05, 4.69) is 31.2 Å². The fourth-order valence-electron chi connectivity index (χ4n) is 3.79. The maximum atomic E-state index is 11.9. The summed E-state index contributed by atoms with van der Waals surface area (Å²) in [7, 11) is 0. The van der Waals surface area contributed by atoms with Gasteiger partial charge < -0.3 is 16.2 Å². The van der Waals surface area contributed by atoms with E-state index in [0.29, 0.717) is 23.7 Å². The summed E-state index contributed by atoms with van der Waals surface area (Å²) in [4.78, 5) is 11.9. The lowest BCUT2D eigenvalue weighted by molar-refractivity contribution is -0.137. The van der Waals surface area contributed by atoms with Gasteiger partial charge in [0, 0.05) is 23.9 Å². The first-order valence-corrected chi connectivity index (χ1v) is 10.1. The normalized spacial score (nSPS) is 19.6. The Balaban J connectivity index is 1.46. The lowest BCUT2D eigenvalue weighted by atomic mass is 9.79. The molecule has 0 heterocycles. The summed E-state index contributed by atoms with van der Waals surface area (Å²) < 4.78 is 5.27. The second-order valence-corrected chi connectivity index (χ2v) is 7.83. The van der Waals surface area contributed by atoms with Gasteiger partial charge in [0.05, 0.1) is 6.61 Å². The Kier molecular flexibility index (Phi) is 6.75. The van der Waals surface area contributed by atoms with Crippen LogP contribution in [0.1, 0.15) is 55.2 Å². The Bertz CT molecular complexity index is 819. The van der Waals surface area contributed by atoms with Gasteiger partial charge in [-0.25, -0.2) is 4.79 Å². The fourth-order valence-corrected chi connectivity index (χ4v) is 3.79. The van der Waals surface area contributed by atoms with E-state index in [9.17, 15) is 4.79 Å². The molecule has 28 heavy (non-hydrogen) atoms. The number of ether oxygens (including phenoxy) is 1. The minimum Gasteiger partial charge on any atom is -0.462 e. The third-order valence-corrected chi connectivity index (χ3v) is 5.62. The van der Waals surface area contributed by atoms with Gasteiger partial charge in [0.2, 0.25) is 0 Å². The van der Waals surface area contributed by atoms with Gasteiger partial charge in [-0.05, 0) is 59.6 Å². The molecule has 1 aliphatic carbocycles. The molecule has 0 aromatic heterocycles. The molecule has 0 amide bonds. The average molecular weight is 379 g/mol. The molecule has 148 valence electrons. The van der Waals surface area contributed by atoms with Crippen molar-refractivity contribution in [3.63, 3.8) is 0 Å². The molecule has 0 spiro atoms. The van der Waals surface area contributed by atoms with Crippen molar-refractivity contribution >= 4 is 23.4 Å². The summed E-state index contributed by atoms with van der Waals surface area (Å²) >= 11 is 0. The lowest BCUT2D eigenvalue weighted by Crippen LogP contribution is -2.10. The molecule has 3 rings (SSSR count). The number of nitrogen functional groups attached to an aromatic ring is 2. The molecule has 2 aromatic carbocycles. The van der Waals surface area contributed by atoms with Gasteiger partial charge in [-0.15, -0.1) is 0 Å². The van der Waals surface area contributed by atoms with Crippen molar-refractivity contribution < 1.29 is 9.53 Å². The van der Waals surface area contributed by atoms with E-state index in [0.717, 1.165) is 17.0 Å². The zero-order valence-electron chi connectivity index (χ0n) is 16.6. The molecule has 4 nitrogen and oxygen atoms in total. The SMILES string of the molecule is CC1CCC(c2ccc(/C=C/C(=O)OCCc3ccc(N)cc3N)cc2)CC1. The number of carbonyl (C=O) groups is 1. The topological polar surface area (TPSA) is 78.3 Å². The quantitative estimate of drug-likeness (QED) is 0.424. The van der Waals surface area contributed by atoms with Gasteiger partial charge >= 0.3 is 5.97 Å². The van der Waals surface area contributed by atoms with Crippen LogP contribution in [0, 0.1) is 5.92 Å². The van der Waals surface area contributed by atoms with Crippen LogP contribution in [0.25, 0.3) is 6.08 Å². The number of hydrogen-bond acceptors (Lipinski definition) is 4. The largest absolute Gasteiger partial charge is 0.462 e. The number of benzene rings is 2. The first kappa shape index (κ1) is 20.0. The van der Waals surface area contributed by atoms with Gasteiger partial charge in [-0.1, -0.05) is 50.1 Å². The highest BCUT2D eigenvalue weighted by atomic mass is 16.5. The number of carbonyl (C=O) groups excluding carboxylic acids is 1. The van der Waals surface area contributed by atoms with Gasteiger partial charge in [0.1, 0.15) is 0 Å². The molecule has 0 saturated heterocycles. The van der Waals surface area contributed by atoms with E-state index in [1.54, 1.807) is 18.2 Å². The maximum absolute atomic E-state index is 11.9. The Labute approximate surface area is 167 Å². The van der Waals surface area contributed by atoms with Crippen LogP contribution in [0.5, 0.6) is 0 Å². The minimum absolute atomic E-state index is 0.288. The van der Waals surface area contributed by atoms with Gasteiger partial charge in [-0.2, -0.15) is 0 Å². The molecule has 1 aliphatic rings. The molecular weight excluding hydrogens is 348 g/mol.